The van der Waals surface area contributed by atoms with Crippen LogP contribution < -0.4 is 4.90 Å². The van der Waals surface area contributed by atoms with E-state index in [0.717, 1.165) is 43.6 Å². The lowest BCUT2D eigenvalue weighted by atomic mass is 9.82. The van der Waals surface area contributed by atoms with E-state index in [1.165, 1.54) is 9.58 Å². The molecule has 0 saturated heterocycles. The number of aliphatic hydroxyl groups excluding tert-OH is 1. The first-order chi connectivity index (χ1) is 22.4. The summed E-state index contributed by atoms with van der Waals surface area (Å²) in [5.74, 6) is 0.610. The van der Waals surface area contributed by atoms with Crippen LogP contribution in [0.4, 0.5) is 5.69 Å². The van der Waals surface area contributed by atoms with Crippen LogP contribution in [0.2, 0.25) is 0 Å². The van der Waals surface area contributed by atoms with Crippen molar-refractivity contribution in [2.45, 2.75) is 46.0 Å². The zero-order valence-corrected chi connectivity index (χ0v) is 26.0. The van der Waals surface area contributed by atoms with Crippen molar-refractivity contribution in [1.82, 2.24) is 40.6 Å². The highest BCUT2D eigenvalue weighted by Gasteiger charge is 2.24. The Labute approximate surface area is 266 Å². The van der Waals surface area contributed by atoms with E-state index in [9.17, 15) is 15.3 Å². The Balaban J connectivity index is 1.60. The van der Waals surface area contributed by atoms with E-state index in [1.54, 1.807) is 50.5 Å². The Morgan fingerprint density at radius 2 is 1.37 bits per heavy atom. The van der Waals surface area contributed by atoms with Crippen molar-refractivity contribution in [1.29, 1.82) is 0 Å². The van der Waals surface area contributed by atoms with Crippen LogP contribution in [-0.2, 0) is 0 Å². The largest absolute Gasteiger partial charge is 0.508 e. The summed E-state index contributed by atoms with van der Waals surface area (Å²) in [6.45, 7) is 7.43. The van der Waals surface area contributed by atoms with E-state index >= 15 is 0 Å². The van der Waals surface area contributed by atoms with Gasteiger partial charge in [0.05, 0.1) is 12.4 Å². The highest BCUT2D eigenvalue weighted by atomic mass is 16.3. The van der Waals surface area contributed by atoms with Gasteiger partial charge in [0.2, 0.25) is 0 Å². The molecule has 0 aliphatic carbocycles. The van der Waals surface area contributed by atoms with Gasteiger partial charge in [-0.05, 0) is 126 Å². The van der Waals surface area contributed by atoms with Gasteiger partial charge in [0.1, 0.15) is 11.5 Å². The summed E-state index contributed by atoms with van der Waals surface area (Å²) < 4.78 is 0. The van der Waals surface area contributed by atoms with Crippen LogP contribution in [0, 0.1) is 13.8 Å². The number of anilines is 1. The Bertz CT molecular complexity index is 1710. The number of rotatable bonds is 14. The average molecular weight is 624 g/mol. The number of phenolic OH excluding ortho intramolecular Hbond substituents is 2. The monoisotopic (exact) mass is 623 g/mol. The molecule has 0 bridgehead atoms. The van der Waals surface area contributed by atoms with E-state index in [1.807, 2.05) is 24.3 Å². The van der Waals surface area contributed by atoms with Crippen LogP contribution in [0.1, 0.15) is 71.6 Å². The molecule has 5 rings (SSSR count). The number of hydrogen-bond donors (Lipinski definition) is 3. The minimum Gasteiger partial charge on any atom is -0.508 e. The molecule has 0 radical (unpaired) electrons. The predicted octanol–water partition coefficient (Wildman–Crippen LogP) is 3.62. The number of benzene rings is 3. The molecule has 0 unspecified atom stereocenters. The second-order valence-corrected chi connectivity index (χ2v) is 10.7. The van der Waals surface area contributed by atoms with Crippen molar-refractivity contribution in [2.75, 3.05) is 24.6 Å². The Morgan fingerprint density at radius 3 is 1.87 bits per heavy atom. The fourth-order valence-electron chi connectivity index (χ4n) is 5.17. The molecular formula is C32H37N11O3. The summed E-state index contributed by atoms with van der Waals surface area (Å²) in [5, 5.41) is 63.2. The summed E-state index contributed by atoms with van der Waals surface area (Å²) in [6.07, 6.45) is 5.89. The molecule has 5 aromatic rings. The van der Waals surface area contributed by atoms with Gasteiger partial charge < -0.3 is 20.2 Å². The normalized spacial score (nSPS) is 12.3. The maximum absolute atomic E-state index is 11.3. The van der Waals surface area contributed by atoms with Gasteiger partial charge in [-0.2, -0.15) is 10.2 Å². The quantitative estimate of drug-likeness (QED) is 0.0941. The van der Waals surface area contributed by atoms with Crippen molar-refractivity contribution in [2.24, 2.45) is 10.2 Å². The second-order valence-electron chi connectivity index (χ2n) is 10.7. The lowest BCUT2D eigenvalue weighted by Crippen LogP contribution is -2.24. The zero-order chi connectivity index (χ0) is 32.5. The smallest absolute Gasteiger partial charge is 0.173 e. The maximum atomic E-state index is 11.3. The fourth-order valence-corrected chi connectivity index (χ4v) is 5.17. The van der Waals surface area contributed by atoms with Gasteiger partial charge in [-0.3, -0.25) is 0 Å². The minimum absolute atomic E-state index is 0.0605. The third-order valence-electron chi connectivity index (χ3n) is 7.60. The number of aliphatic hydroxyl groups is 1. The summed E-state index contributed by atoms with van der Waals surface area (Å²) >= 11 is 0. The molecule has 238 valence electrons. The topological polar surface area (TPSA) is 176 Å². The predicted molar refractivity (Wildman–Crippen MR) is 174 cm³/mol. The Morgan fingerprint density at radius 1 is 0.783 bits per heavy atom. The number of phenols is 2. The van der Waals surface area contributed by atoms with E-state index in [4.69, 9.17) is 0 Å². The summed E-state index contributed by atoms with van der Waals surface area (Å²) in [6, 6.07) is 18.5. The first-order valence-corrected chi connectivity index (χ1v) is 15.1. The maximum Gasteiger partial charge on any atom is 0.173 e. The lowest BCUT2D eigenvalue weighted by Gasteiger charge is -2.26. The first kappa shape index (κ1) is 31.9. The van der Waals surface area contributed by atoms with E-state index < -0.39 is 5.92 Å². The highest BCUT2D eigenvalue weighted by molar-refractivity contribution is 5.82. The third kappa shape index (κ3) is 7.58. The van der Waals surface area contributed by atoms with Crippen molar-refractivity contribution in [3.8, 4) is 11.5 Å². The molecule has 3 N–H and O–H groups in total. The van der Waals surface area contributed by atoms with Crippen LogP contribution in [-0.4, -0.2) is 88.1 Å². The third-order valence-corrected chi connectivity index (χ3v) is 7.60. The molecule has 14 nitrogen and oxygen atoms in total. The standard InChI is InChI=1S/C32H37N11O3/c1-4-41(15-6-5-7-16-44)27-10-8-9-26(19-27)32(28-17-24(11-13-30(28)45)20-33-42-22(2)35-37-39-42)29-18-25(12-14-31(29)46)21-34-43-23(3)36-38-40-43/h8-14,17-21,32,44-46H,4-7,15-16H2,1-3H3. The zero-order valence-electron chi connectivity index (χ0n) is 26.0. The van der Waals surface area contributed by atoms with Crippen LogP contribution in [0.25, 0.3) is 0 Å². The molecule has 0 aliphatic heterocycles. The van der Waals surface area contributed by atoms with E-state index in [2.05, 4.69) is 65.2 Å². The van der Waals surface area contributed by atoms with Crippen molar-refractivity contribution < 1.29 is 15.3 Å². The van der Waals surface area contributed by atoms with Gasteiger partial charge in [0.25, 0.3) is 0 Å². The lowest BCUT2D eigenvalue weighted by molar-refractivity contribution is 0.283. The molecule has 0 amide bonds. The van der Waals surface area contributed by atoms with Gasteiger partial charge in [0.15, 0.2) is 11.6 Å². The number of aromatic hydroxyl groups is 2. The Hall–Kier alpha value is -5.50. The van der Waals surface area contributed by atoms with Gasteiger partial charge in [0, 0.05) is 42.4 Å². The van der Waals surface area contributed by atoms with Crippen LogP contribution >= 0.6 is 0 Å². The van der Waals surface area contributed by atoms with E-state index in [0.29, 0.717) is 33.9 Å². The van der Waals surface area contributed by atoms with Crippen molar-refractivity contribution >= 4 is 18.1 Å². The van der Waals surface area contributed by atoms with Gasteiger partial charge in [-0.1, -0.05) is 12.1 Å². The molecule has 3 aromatic carbocycles. The molecule has 0 spiro atoms. The molecule has 46 heavy (non-hydrogen) atoms. The van der Waals surface area contributed by atoms with Crippen LogP contribution in [0.3, 0.4) is 0 Å². The summed E-state index contributed by atoms with van der Waals surface area (Å²) in [7, 11) is 0. The molecule has 0 saturated carbocycles. The van der Waals surface area contributed by atoms with Crippen LogP contribution in [0.5, 0.6) is 11.5 Å². The van der Waals surface area contributed by atoms with Gasteiger partial charge in [-0.15, -0.1) is 19.8 Å². The molecule has 14 heteroatoms. The molecule has 2 heterocycles. The number of nitrogens with zero attached hydrogens (tertiary/aromatic N) is 11. The SMILES string of the molecule is CCN(CCCCCO)c1cccc(C(c2cc(C=Nn3nnnc3C)ccc2O)c2cc(C=Nn3nnnc3C)ccc2O)c1. The highest BCUT2D eigenvalue weighted by Crippen LogP contribution is 2.42. The van der Waals surface area contributed by atoms with Gasteiger partial charge >= 0.3 is 0 Å². The number of unbranched alkanes of at least 4 members (excludes halogenated alkanes) is 2. The van der Waals surface area contributed by atoms with Crippen LogP contribution in [0.15, 0.2) is 70.9 Å². The number of aromatic nitrogens is 8. The number of tetrazole rings is 2. The number of aryl methyl sites for hydroxylation is 2. The fraction of sp³-hybridized carbons (Fsp3) is 0.312. The summed E-state index contributed by atoms with van der Waals surface area (Å²) in [4.78, 5) is 4.91. The second kappa shape index (κ2) is 15.0. The molecule has 2 aromatic heterocycles. The van der Waals surface area contributed by atoms with E-state index in [-0.39, 0.29) is 18.1 Å². The molecule has 0 aliphatic rings. The number of hydrogen-bond acceptors (Lipinski definition) is 12. The van der Waals surface area contributed by atoms with Crippen molar-refractivity contribution in [3.63, 3.8) is 0 Å². The minimum atomic E-state index is -0.570. The average Bonchev–Trinajstić information content (AvgIpc) is 3.68. The Kier molecular flexibility index (Phi) is 10.4. The van der Waals surface area contributed by atoms with Gasteiger partial charge in [-0.25, -0.2) is 0 Å². The van der Waals surface area contributed by atoms with Crippen molar-refractivity contribution in [3.05, 3.63) is 100 Å². The molecule has 0 fully saturated rings. The summed E-state index contributed by atoms with van der Waals surface area (Å²) in [5.41, 5.74) is 4.44. The molecule has 0 atom stereocenters. The first-order valence-electron chi connectivity index (χ1n) is 15.1. The molecular weight excluding hydrogens is 586 g/mol.